The summed E-state index contributed by atoms with van der Waals surface area (Å²) in [7, 11) is 4.28. The van der Waals surface area contributed by atoms with Crippen LogP contribution in [0.25, 0.3) is 0 Å². The van der Waals surface area contributed by atoms with Gasteiger partial charge in [0.25, 0.3) is 0 Å². The maximum atomic E-state index is 5.86. The van der Waals surface area contributed by atoms with Gasteiger partial charge in [0.2, 0.25) is 0 Å². The average Bonchev–Trinajstić information content (AvgIpc) is 2.18. The van der Waals surface area contributed by atoms with Crippen molar-refractivity contribution < 1.29 is 4.74 Å². The minimum Gasteiger partial charge on any atom is -0.378 e. The van der Waals surface area contributed by atoms with Gasteiger partial charge in [0.15, 0.2) is 0 Å². The van der Waals surface area contributed by atoms with Gasteiger partial charge in [0.05, 0.1) is 6.10 Å². The highest BCUT2D eigenvalue weighted by Gasteiger charge is 2.58. The largest absolute Gasteiger partial charge is 0.378 e. The van der Waals surface area contributed by atoms with Crippen LogP contribution in [0.5, 0.6) is 0 Å². The monoisotopic (exact) mass is 240 g/mol. The molecule has 2 atom stereocenters. The molecule has 2 aliphatic carbocycles. The Labute approximate surface area is 106 Å². The van der Waals surface area contributed by atoms with Crippen molar-refractivity contribution in [2.75, 3.05) is 33.8 Å². The Morgan fingerprint density at radius 1 is 1.35 bits per heavy atom. The molecule has 0 aromatic heterocycles. The summed E-state index contributed by atoms with van der Waals surface area (Å²) in [4.78, 5) is 2.25. The van der Waals surface area contributed by atoms with Crippen LogP contribution in [0.15, 0.2) is 0 Å². The first-order valence-electron chi connectivity index (χ1n) is 7.19. The number of nitrogens with zero attached hydrogens (tertiary/aromatic N) is 1. The summed E-state index contributed by atoms with van der Waals surface area (Å²) in [6, 6.07) is 0.731. The normalized spacial score (nSPS) is 30.4. The molecular formula is C14H28N2O. The molecule has 3 nitrogen and oxygen atoms in total. The third-order valence-electron chi connectivity index (χ3n) is 4.61. The SMILES string of the molecule is CCOC1CC(NCCCN(C)C)C12CCC2. The average molecular weight is 240 g/mol. The molecule has 0 aromatic rings. The molecule has 2 saturated carbocycles. The molecule has 17 heavy (non-hydrogen) atoms. The highest BCUT2D eigenvalue weighted by atomic mass is 16.5. The van der Waals surface area contributed by atoms with Gasteiger partial charge >= 0.3 is 0 Å². The van der Waals surface area contributed by atoms with E-state index in [-0.39, 0.29) is 0 Å². The van der Waals surface area contributed by atoms with Crippen LogP contribution >= 0.6 is 0 Å². The van der Waals surface area contributed by atoms with Crippen molar-refractivity contribution in [2.24, 2.45) is 5.41 Å². The summed E-state index contributed by atoms with van der Waals surface area (Å²) in [5.74, 6) is 0. The molecule has 0 bridgehead atoms. The number of nitrogens with one attached hydrogen (secondary N) is 1. The van der Waals surface area contributed by atoms with Crippen molar-refractivity contribution >= 4 is 0 Å². The zero-order valence-corrected chi connectivity index (χ0v) is 11.7. The molecule has 2 rings (SSSR count). The number of hydrogen-bond donors (Lipinski definition) is 1. The molecule has 0 heterocycles. The first-order valence-corrected chi connectivity index (χ1v) is 7.19. The van der Waals surface area contributed by atoms with Gasteiger partial charge in [-0.1, -0.05) is 6.42 Å². The molecule has 0 amide bonds. The molecule has 2 fully saturated rings. The van der Waals surface area contributed by atoms with E-state index in [1.165, 1.54) is 38.6 Å². The van der Waals surface area contributed by atoms with Gasteiger partial charge in [-0.15, -0.1) is 0 Å². The van der Waals surface area contributed by atoms with Crippen LogP contribution in [0.3, 0.4) is 0 Å². The fourth-order valence-electron chi connectivity index (χ4n) is 3.40. The molecule has 2 aliphatic rings. The third kappa shape index (κ3) is 2.67. The summed E-state index contributed by atoms with van der Waals surface area (Å²) < 4.78 is 5.86. The van der Waals surface area contributed by atoms with Gasteiger partial charge < -0.3 is 15.0 Å². The van der Waals surface area contributed by atoms with Gasteiger partial charge in [-0.05, 0) is 59.8 Å². The second-order valence-corrected chi connectivity index (χ2v) is 5.93. The molecule has 0 saturated heterocycles. The second-order valence-electron chi connectivity index (χ2n) is 5.93. The van der Waals surface area contributed by atoms with Gasteiger partial charge in [-0.3, -0.25) is 0 Å². The van der Waals surface area contributed by atoms with E-state index in [0.717, 1.165) is 19.2 Å². The first-order chi connectivity index (χ1) is 8.19. The maximum Gasteiger partial charge on any atom is 0.0661 e. The Kier molecular flexibility index (Phi) is 4.45. The predicted molar refractivity (Wildman–Crippen MR) is 71.3 cm³/mol. The fourth-order valence-corrected chi connectivity index (χ4v) is 3.40. The lowest BCUT2D eigenvalue weighted by Gasteiger charge is -2.61. The van der Waals surface area contributed by atoms with E-state index >= 15 is 0 Å². The lowest BCUT2D eigenvalue weighted by molar-refractivity contribution is -0.172. The molecule has 100 valence electrons. The Morgan fingerprint density at radius 2 is 2.12 bits per heavy atom. The third-order valence-corrected chi connectivity index (χ3v) is 4.61. The van der Waals surface area contributed by atoms with E-state index in [2.05, 4.69) is 31.2 Å². The van der Waals surface area contributed by atoms with Gasteiger partial charge in [-0.25, -0.2) is 0 Å². The van der Waals surface area contributed by atoms with Crippen molar-refractivity contribution in [1.29, 1.82) is 0 Å². The van der Waals surface area contributed by atoms with Crippen LogP contribution < -0.4 is 5.32 Å². The first kappa shape index (κ1) is 13.3. The molecule has 1 spiro atoms. The van der Waals surface area contributed by atoms with E-state index in [0.29, 0.717) is 11.5 Å². The molecule has 2 unspecified atom stereocenters. The van der Waals surface area contributed by atoms with E-state index in [9.17, 15) is 0 Å². The number of hydrogen-bond acceptors (Lipinski definition) is 3. The van der Waals surface area contributed by atoms with Crippen LogP contribution in [-0.4, -0.2) is 50.8 Å². The maximum absolute atomic E-state index is 5.86. The van der Waals surface area contributed by atoms with E-state index in [1.807, 2.05) is 0 Å². The Hall–Kier alpha value is -0.120. The quantitative estimate of drug-likeness (QED) is 0.688. The lowest BCUT2D eigenvalue weighted by Crippen LogP contribution is -2.67. The Balaban J connectivity index is 1.68. The number of rotatable bonds is 7. The van der Waals surface area contributed by atoms with Crippen LogP contribution in [0, 0.1) is 5.41 Å². The molecular weight excluding hydrogens is 212 g/mol. The highest BCUT2D eigenvalue weighted by molar-refractivity contribution is 5.12. The summed E-state index contributed by atoms with van der Waals surface area (Å²) in [6.45, 7) is 5.33. The minimum atomic E-state index is 0.522. The Bertz CT molecular complexity index is 238. The van der Waals surface area contributed by atoms with Crippen molar-refractivity contribution in [3.63, 3.8) is 0 Å². The predicted octanol–water partition coefficient (Wildman–Crippen LogP) is 1.88. The van der Waals surface area contributed by atoms with Crippen molar-refractivity contribution in [3.05, 3.63) is 0 Å². The van der Waals surface area contributed by atoms with Crippen molar-refractivity contribution in [1.82, 2.24) is 10.2 Å². The molecule has 3 heteroatoms. The smallest absolute Gasteiger partial charge is 0.0661 e. The summed E-state index contributed by atoms with van der Waals surface area (Å²) in [6.07, 6.45) is 7.19. The van der Waals surface area contributed by atoms with E-state index in [1.54, 1.807) is 0 Å². The highest BCUT2D eigenvalue weighted by Crippen LogP contribution is 2.57. The molecule has 0 aromatic carbocycles. The molecule has 0 aliphatic heterocycles. The number of ether oxygens (including phenoxy) is 1. The van der Waals surface area contributed by atoms with E-state index < -0.39 is 0 Å². The summed E-state index contributed by atoms with van der Waals surface area (Å²) in [5.41, 5.74) is 0.522. The Morgan fingerprint density at radius 3 is 2.65 bits per heavy atom. The van der Waals surface area contributed by atoms with Crippen LogP contribution in [-0.2, 0) is 4.74 Å². The van der Waals surface area contributed by atoms with Crippen LogP contribution in [0.4, 0.5) is 0 Å². The zero-order valence-electron chi connectivity index (χ0n) is 11.7. The fraction of sp³-hybridized carbons (Fsp3) is 1.00. The van der Waals surface area contributed by atoms with Gasteiger partial charge in [-0.2, -0.15) is 0 Å². The lowest BCUT2D eigenvalue weighted by atomic mass is 9.51. The van der Waals surface area contributed by atoms with E-state index in [4.69, 9.17) is 4.74 Å². The molecule has 0 radical (unpaired) electrons. The van der Waals surface area contributed by atoms with Crippen molar-refractivity contribution in [2.45, 2.75) is 51.2 Å². The standard InChI is InChI=1S/C14H28N2O/c1-4-17-13-11-12(14(13)7-5-8-14)15-9-6-10-16(2)3/h12-13,15H,4-11H2,1-3H3. The summed E-state index contributed by atoms with van der Waals surface area (Å²) in [5, 5.41) is 3.75. The van der Waals surface area contributed by atoms with Gasteiger partial charge in [0, 0.05) is 18.1 Å². The minimum absolute atomic E-state index is 0.522. The molecule has 1 N–H and O–H groups in total. The van der Waals surface area contributed by atoms with Gasteiger partial charge in [0.1, 0.15) is 0 Å². The zero-order chi connectivity index (χ0) is 12.3. The van der Waals surface area contributed by atoms with Crippen LogP contribution in [0.1, 0.15) is 39.0 Å². The van der Waals surface area contributed by atoms with Crippen LogP contribution in [0.2, 0.25) is 0 Å². The second kappa shape index (κ2) is 5.68. The topological polar surface area (TPSA) is 24.5 Å². The summed E-state index contributed by atoms with van der Waals surface area (Å²) >= 11 is 0. The van der Waals surface area contributed by atoms with Crippen molar-refractivity contribution in [3.8, 4) is 0 Å².